The first-order chi connectivity index (χ1) is 29.0. The monoisotopic (exact) mass is 879 g/mol. The summed E-state index contributed by atoms with van der Waals surface area (Å²) in [6.07, 6.45) is 30.2. The van der Waals surface area contributed by atoms with Crippen LogP contribution in [0.4, 0.5) is 0 Å². The number of carbonyl (C=O) groups is 1. The topological polar surface area (TPSA) is 192 Å². The number of aliphatic hydroxyl groups excluding tert-OH is 5. The van der Waals surface area contributed by atoms with Crippen molar-refractivity contribution in [2.45, 2.75) is 262 Å². The van der Waals surface area contributed by atoms with Gasteiger partial charge in [-0.25, -0.2) is 4.57 Å². The van der Waals surface area contributed by atoms with Crippen molar-refractivity contribution in [3.63, 3.8) is 0 Å². The molecule has 0 radical (unpaired) electrons. The Bertz CT molecular complexity index is 1050. The van der Waals surface area contributed by atoms with Gasteiger partial charge in [-0.3, -0.25) is 13.8 Å². The van der Waals surface area contributed by atoms with Crippen LogP contribution in [0.3, 0.4) is 0 Å². The zero-order valence-electron chi connectivity index (χ0n) is 38.0. The molecule has 12 nitrogen and oxygen atoms in total. The third kappa shape index (κ3) is 30.2. The van der Waals surface area contributed by atoms with Crippen LogP contribution in [0.15, 0.2) is 12.2 Å². The molecule has 0 aromatic carbocycles. The number of unbranched alkanes of at least 4 members (excludes halogenated alkanes) is 28. The van der Waals surface area contributed by atoms with Crippen molar-refractivity contribution in [3.05, 3.63) is 12.2 Å². The minimum Gasteiger partial charge on any atom is -0.457 e. The van der Waals surface area contributed by atoms with Gasteiger partial charge in [-0.1, -0.05) is 193 Å². The lowest BCUT2D eigenvalue weighted by Gasteiger charge is -2.41. The van der Waals surface area contributed by atoms with Gasteiger partial charge in [-0.05, 0) is 32.1 Å². The highest BCUT2D eigenvalue weighted by molar-refractivity contribution is 7.47. The summed E-state index contributed by atoms with van der Waals surface area (Å²) in [6, 6.07) is 0. The summed E-state index contributed by atoms with van der Waals surface area (Å²) in [5, 5.41) is 50.1. The van der Waals surface area contributed by atoms with Gasteiger partial charge in [0.15, 0.2) is 0 Å². The number of ether oxygens (including phenoxy) is 2. The molecule has 0 bridgehead atoms. The van der Waals surface area contributed by atoms with Crippen LogP contribution in [-0.2, 0) is 27.9 Å². The Morgan fingerprint density at radius 2 is 0.917 bits per heavy atom. The number of carbonyl (C=O) groups excluding carboxylic acids is 1. The molecule has 1 aliphatic rings. The van der Waals surface area contributed by atoms with Gasteiger partial charge < -0.3 is 39.9 Å². The standard InChI is InChI=1S/C47H91O12P/c1-3-5-7-9-11-13-15-16-17-18-19-20-21-22-23-24-25-26-27-29-31-33-35-37-56-38-40(58-41(48)36-34-32-30-28-14-12-10-8-6-4-2)39-57-60(54,55)59-47-45(52)43(50)42(49)44(51)46(47)53/h8,10,40,42-47,49-53H,3-7,9,11-39H2,1-2H3,(H,54,55)/b10-8-. The predicted molar refractivity (Wildman–Crippen MR) is 240 cm³/mol. The molecule has 0 amide bonds. The zero-order chi connectivity index (χ0) is 44.1. The van der Waals surface area contributed by atoms with Crippen molar-refractivity contribution < 1.29 is 58.3 Å². The zero-order valence-corrected chi connectivity index (χ0v) is 38.9. The van der Waals surface area contributed by atoms with Crippen LogP contribution in [0.5, 0.6) is 0 Å². The second-order valence-corrected chi connectivity index (χ2v) is 18.7. The van der Waals surface area contributed by atoms with Crippen LogP contribution in [0, 0.1) is 0 Å². The molecule has 1 rings (SSSR count). The number of allylic oxidation sites excluding steroid dienone is 2. The fourth-order valence-corrected chi connectivity index (χ4v) is 8.69. The first kappa shape index (κ1) is 57.1. The minimum atomic E-state index is -5.01. The molecule has 6 unspecified atom stereocenters. The van der Waals surface area contributed by atoms with E-state index in [2.05, 4.69) is 26.0 Å². The van der Waals surface area contributed by atoms with Crippen LogP contribution >= 0.6 is 7.82 Å². The van der Waals surface area contributed by atoms with E-state index in [0.29, 0.717) is 13.0 Å². The van der Waals surface area contributed by atoms with Crippen molar-refractivity contribution in [1.82, 2.24) is 0 Å². The number of hydrogen-bond donors (Lipinski definition) is 6. The van der Waals surface area contributed by atoms with E-state index in [0.717, 1.165) is 64.2 Å². The summed E-state index contributed by atoms with van der Waals surface area (Å²) in [5.74, 6) is -0.485. The smallest absolute Gasteiger partial charge is 0.457 e. The first-order valence-corrected chi connectivity index (χ1v) is 26.0. The molecule has 0 spiro atoms. The lowest BCUT2D eigenvalue weighted by molar-refractivity contribution is -0.220. The first-order valence-electron chi connectivity index (χ1n) is 24.5. The normalized spacial score (nSPS) is 22.3. The van der Waals surface area contributed by atoms with Crippen molar-refractivity contribution in [1.29, 1.82) is 0 Å². The van der Waals surface area contributed by atoms with Gasteiger partial charge in [0.25, 0.3) is 0 Å². The van der Waals surface area contributed by atoms with Crippen LogP contribution in [0.1, 0.15) is 219 Å². The quantitative estimate of drug-likeness (QED) is 0.0147. The van der Waals surface area contributed by atoms with Gasteiger partial charge in [0, 0.05) is 13.0 Å². The predicted octanol–water partition coefficient (Wildman–Crippen LogP) is 10.3. The van der Waals surface area contributed by atoms with Crippen LogP contribution in [0.2, 0.25) is 0 Å². The van der Waals surface area contributed by atoms with Gasteiger partial charge in [-0.2, -0.15) is 0 Å². The molecule has 1 saturated carbocycles. The summed E-state index contributed by atoms with van der Waals surface area (Å²) in [5.41, 5.74) is 0. The van der Waals surface area contributed by atoms with Gasteiger partial charge in [0.05, 0.1) is 13.2 Å². The van der Waals surface area contributed by atoms with Crippen molar-refractivity contribution in [2.75, 3.05) is 19.8 Å². The molecular formula is C47H91O12P. The Hall–Kier alpha value is -0.920. The lowest BCUT2D eigenvalue weighted by atomic mass is 9.85. The fourth-order valence-electron chi connectivity index (χ4n) is 7.71. The molecule has 13 heteroatoms. The van der Waals surface area contributed by atoms with Crippen LogP contribution in [0.25, 0.3) is 0 Å². The minimum absolute atomic E-state index is 0.0745. The molecule has 6 N–H and O–H groups in total. The largest absolute Gasteiger partial charge is 0.472 e. The summed E-state index contributed by atoms with van der Waals surface area (Å²) in [4.78, 5) is 23.1. The summed E-state index contributed by atoms with van der Waals surface area (Å²) < 4.78 is 34.1. The van der Waals surface area contributed by atoms with E-state index >= 15 is 0 Å². The van der Waals surface area contributed by atoms with Gasteiger partial charge in [0.1, 0.15) is 42.7 Å². The Morgan fingerprint density at radius 3 is 1.38 bits per heavy atom. The molecule has 0 aromatic heterocycles. The summed E-state index contributed by atoms with van der Waals surface area (Å²) in [7, 11) is -5.01. The van der Waals surface area contributed by atoms with E-state index in [1.807, 2.05) is 0 Å². The fraction of sp³-hybridized carbons (Fsp3) is 0.936. The number of phosphoric acid groups is 1. The van der Waals surface area contributed by atoms with Crippen LogP contribution in [-0.4, -0.2) is 98.9 Å². The second-order valence-electron chi connectivity index (χ2n) is 17.3. The van der Waals surface area contributed by atoms with E-state index in [4.69, 9.17) is 18.5 Å². The highest BCUT2D eigenvalue weighted by Gasteiger charge is 2.51. The van der Waals surface area contributed by atoms with Gasteiger partial charge >= 0.3 is 13.8 Å². The Morgan fingerprint density at radius 1 is 0.517 bits per heavy atom. The average molecular weight is 879 g/mol. The molecular weight excluding hydrogens is 787 g/mol. The number of esters is 1. The van der Waals surface area contributed by atoms with Crippen molar-refractivity contribution in [2.24, 2.45) is 0 Å². The Kier molecular flexibility index (Phi) is 36.7. The molecule has 1 fully saturated rings. The Balaban J connectivity index is 2.26. The maximum atomic E-state index is 12.8. The lowest BCUT2D eigenvalue weighted by Crippen LogP contribution is -2.64. The SMILES string of the molecule is CCC/C=C\CCCCCCCC(=O)OC(COCCCCCCCCCCCCCCCCCCCCCCCCC)COP(=O)(O)OC1C(O)C(O)C(O)C(O)C1O. The average Bonchev–Trinajstić information content (AvgIpc) is 3.23. The maximum absolute atomic E-state index is 12.8. The number of hydrogen-bond acceptors (Lipinski definition) is 11. The van der Waals surface area contributed by atoms with E-state index < -0.39 is 63.1 Å². The molecule has 0 saturated heterocycles. The number of aliphatic hydroxyl groups is 5. The van der Waals surface area contributed by atoms with Crippen LogP contribution < -0.4 is 0 Å². The van der Waals surface area contributed by atoms with Gasteiger partial charge in [-0.15, -0.1) is 0 Å². The van der Waals surface area contributed by atoms with E-state index in [-0.39, 0.29) is 13.0 Å². The van der Waals surface area contributed by atoms with E-state index in [1.54, 1.807) is 0 Å². The Labute approximate surface area is 365 Å². The molecule has 0 aromatic rings. The molecule has 1 aliphatic carbocycles. The van der Waals surface area contributed by atoms with Crippen molar-refractivity contribution >= 4 is 13.8 Å². The number of phosphoric ester groups is 1. The summed E-state index contributed by atoms with van der Waals surface area (Å²) >= 11 is 0. The van der Waals surface area contributed by atoms with Gasteiger partial charge in [0.2, 0.25) is 0 Å². The van der Waals surface area contributed by atoms with Crippen molar-refractivity contribution in [3.8, 4) is 0 Å². The third-order valence-corrected chi connectivity index (χ3v) is 12.6. The second kappa shape index (κ2) is 38.5. The molecule has 0 heterocycles. The highest BCUT2D eigenvalue weighted by Crippen LogP contribution is 2.47. The highest BCUT2D eigenvalue weighted by atomic mass is 31.2. The van der Waals surface area contributed by atoms with E-state index in [1.165, 1.54) is 128 Å². The molecule has 0 aliphatic heterocycles. The molecule has 356 valence electrons. The third-order valence-electron chi connectivity index (χ3n) is 11.6. The molecule has 6 atom stereocenters. The maximum Gasteiger partial charge on any atom is 0.472 e. The number of rotatable bonds is 42. The summed E-state index contributed by atoms with van der Waals surface area (Å²) in [6.45, 7) is 4.21. The van der Waals surface area contributed by atoms with E-state index in [9.17, 15) is 39.8 Å². The molecule has 60 heavy (non-hydrogen) atoms.